The maximum Gasteiger partial charge on any atom is 0.420 e. The van der Waals surface area contributed by atoms with Crippen LogP contribution in [0.1, 0.15) is 31.7 Å². The molecule has 2 aromatic carbocycles. The van der Waals surface area contributed by atoms with Crippen molar-refractivity contribution >= 4 is 17.0 Å². The number of carbonyl (C=O) groups excluding carboxylic acids is 1. The smallest absolute Gasteiger partial charge is 0.408 e. The molecule has 9 nitrogen and oxygen atoms in total. The van der Waals surface area contributed by atoms with E-state index in [9.17, 15) is 14.9 Å². The molecule has 3 aromatic rings. The maximum atomic E-state index is 15.1. The van der Waals surface area contributed by atoms with Crippen LogP contribution in [0.15, 0.2) is 45.6 Å². The summed E-state index contributed by atoms with van der Waals surface area (Å²) in [5.74, 6) is -1.34. The minimum Gasteiger partial charge on any atom is -0.408 e. The molecule has 4 rings (SSSR count). The number of benzene rings is 2. The highest BCUT2D eigenvalue weighted by molar-refractivity contribution is 5.82. The van der Waals surface area contributed by atoms with Crippen LogP contribution in [0.2, 0.25) is 0 Å². The van der Waals surface area contributed by atoms with E-state index in [0.29, 0.717) is 60.7 Å². The van der Waals surface area contributed by atoms with Crippen molar-refractivity contribution in [3.8, 4) is 17.2 Å². The monoisotopic (exact) mass is 524 g/mol. The molecule has 1 aliphatic rings. The Labute approximate surface area is 220 Å². The number of nitrogens with zero attached hydrogens (tertiary/aromatic N) is 2. The summed E-state index contributed by atoms with van der Waals surface area (Å²) in [6.07, 6.45) is 2.14. The highest BCUT2D eigenvalue weighted by Crippen LogP contribution is 2.26. The Kier molecular flexibility index (Phi) is 9.65. The van der Waals surface area contributed by atoms with E-state index in [4.69, 9.17) is 13.9 Å². The van der Waals surface area contributed by atoms with Crippen LogP contribution < -0.4 is 16.4 Å². The van der Waals surface area contributed by atoms with Crippen molar-refractivity contribution in [1.82, 2.24) is 15.2 Å². The molecule has 1 amide bonds. The molecule has 1 fully saturated rings. The Balaban J connectivity index is 1.46. The van der Waals surface area contributed by atoms with Crippen LogP contribution in [0.4, 0.5) is 4.39 Å². The van der Waals surface area contributed by atoms with Gasteiger partial charge in [-0.2, -0.15) is 5.26 Å². The van der Waals surface area contributed by atoms with Crippen LogP contribution in [-0.2, 0) is 27.2 Å². The van der Waals surface area contributed by atoms with Gasteiger partial charge in [-0.3, -0.25) is 9.36 Å². The van der Waals surface area contributed by atoms with Crippen molar-refractivity contribution in [2.24, 2.45) is 0 Å². The van der Waals surface area contributed by atoms with E-state index in [2.05, 4.69) is 17.6 Å². The molecule has 0 radical (unpaired) electrons. The summed E-state index contributed by atoms with van der Waals surface area (Å²) in [6, 6.07) is 11.1. The molecule has 1 saturated heterocycles. The maximum absolute atomic E-state index is 15.1. The van der Waals surface area contributed by atoms with E-state index in [0.717, 1.165) is 25.8 Å². The quantitative estimate of drug-likeness (QED) is 0.370. The van der Waals surface area contributed by atoms with Crippen LogP contribution >= 0.6 is 0 Å². The summed E-state index contributed by atoms with van der Waals surface area (Å²) >= 11 is 0. The topological polar surface area (TPSA) is 119 Å². The summed E-state index contributed by atoms with van der Waals surface area (Å²) in [6.45, 7) is 5.07. The Morgan fingerprint density at radius 2 is 2.11 bits per heavy atom. The van der Waals surface area contributed by atoms with E-state index in [1.54, 1.807) is 30.3 Å². The second kappa shape index (κ2) is 13.3. The number of unbranched alkanes of at least 4 members (excludes halogenated alkanes) is 1. The third kappa shape index (κ3) is 6.86. The van der Waals surface area contributed by atoms with Crippen molar-refractivity contribution < 1.29 is 23.1 Å². The van der Waals surface area contributed by atoms with Gasteiger partial charge in [-0.25, -0.2) is 9.18 Å². The molecule has 2 heterocycles. The minimum atomic E-state index is -0.897. The number of oxazole rings is 1. The number of nitriles is 1. The first kappa shape index (κ1) is 27.5. The van der Waals surface area contributed by atoms with Gasteiger partial charge < -0.3 is 24.5 Å². The summed E-state index contributed by atoms with van der Waals surface area (Å²) in [4.78, 5) is 24.9. The van der Waals surface area contributed by atoms with Gasteiger partial charge >= 0.3 is 5.76 Å². The van der Waals surface area contributed by atoms with Gasteiger partial charge in [-0.15, -0.1) is 0 Å². The molecule has 10 heteroatoms. The molecule has 202 valence electrons. The lowest BCUT2D eigenvalue weighted by Gasteiger charge is -2.18. The number of rotatable bonds is 11. The number of hydrogen-bond acceptors (Lipinski definition) is 7. The highest BCUT2D eigenvalue weighted by atomic mass is 19.1. The minimum absolute atomic E-state index is 0.0207. The molecule has 2 unspecified atom stereocenters. The summed E-state index contributed by atoms with van der Waals surface area (Å²) in [5.41, 5.74) is 2.70. The van der Waals surface area contributed by atoms with Crippen LogP contribution in [-0.4, -0.2) is 55.5 Å². The normalized spacial score (nSPS) is 16.6. The first-order valence-corrected chi connectivity index (χ1v) is 13.0. The lowest BCUT2D eigenvalue weighted by molar-refractivity contribution is -0.132. The number of fused-ring (bicyclic) bond motifs is 1. The van der Waals surface area contributed by atoms with E-state index >= 15 is 4.39 Å². The number of hydrogen-bond donors (Lipinski definition) is 2. The van der Waals surface area contributed by atoms with Crippen molar-refractivity contribution in [1.29, 1.82) is 5.26 Å². The molecule has 2 N–H and O–H groups in total. The number of halogens is 1. The van der Waals surface area contributed by atoms with Gasteiger partial charge in [0.1, 0.15) is 18.0 Å². The fourth-order valence-corrected chi connectivity index (χ4v) is 4.35. The predicted molar refractivity (Wildman–Crippen MR) is 140 cm³/mol. The van der Waals surface area contributed by atoms with Gasteiger partial charge in [0.15, 0.2) is 5.58 Å². The number of carbonyl (C=O) groups is 1. The van der Waals surface area contributed by atoms with Gasteiger partial charge in [0.25, 0.3) is 5.91 Å². The average Bonchev–Trinajstić information content (AvgIpc) is 3.07. The lowest BCUT2D eigenvalue weighted by Crippen LogP contribution is -2.46. The van der Waals surface area contributed by atoms with Crippen LogP contribution in [0, 0.1) is 17.1 Å². The number of ether oxygens (including phenoxy) is 2. The predicted octanol–water partition coefficient (Wildman–Crippen LogP) is 3.15. The van der Waals surface area contributed by atoms with Gasteiger partial charge in [0, 0.05) is 26.2 Å². The number of amides is 1. The van der Waals surface area contributed by atoms with Gasteiger partial charge in [0.2, 0.25) is 0 Å². The molecule has 2 atom stereocenters. The van der Waals surface area contributed by atoms with Crippen LogP contribution in [0.3, 0.4) is 0 Å². The third-order valence-electron chi connectivity index (χ3n) is 6.49. The zero-order valence-electron chi connectivity index (χ0n) is 21.5. The third-order valence-corrected chi connectivity index (χ3v) is 6.49. The Morgan fingerprint density at radius 1 is 1.29 bits per heavy atom. The molecule has 0 saturated carbocycles. The molecular formula is C28H33FN4O5. The van der Waals surface area contributed by atoms with E-state index in [-0.39, 0.29) is 6.42 Å². The molecule has 1 aromatic heterocycles. The van der Waals surface area contributed by atoms with Gasteiger partial charge in [-0.05, 0) is 54.3 Å². The van der Waals surface area contributed by atoms with Crippen molar-refractivity contribution in [2.45, 2.75) is 51.3 Å². The fraction of sp³-hybridized carbons (Fsp3) is 0.464. The Hall–Kier alpha value is -3.52. The zero-order chi connectivity index (χ0) is 26.9. The molecule has 0 spiro atoms. The number of nitrogens with one attached hydrogen (secondary N) is 2. The van der Waals surface area contributed by atoms with Gasteiger partial charge in [-0.1, -0.05) is 31.5 Å². The summed E-state index contributed by atoms with van der Waals surface area (Å²) < 4.78 is 33.1. The number of aromatic nitrogens is 1. The first-order chi connectivity index (χ1) is 18.5. The first-order valence-electron chi connectivity index (χ1n) is 13.0. The average molecular weight is 525 g/mol. The highest BCUT2D eigenvalue weighted by Gasteiger charge is 2.24. The van der Waals surface area contributed by atoms with Crippen LogP contribution in [0.25, 0.3) is 22.2 Å². The van der Waals surface area contributed by atoms with Gasteiger partial charge in [0.05, 0.1) is 24.7 Å². The van der Waals surface area contributed by atoms with E-state index in [1.165, 1.54) is 10.6 Å². The summed E-state index contributed by atoms with van der Waals surface area (Å²) in [5, 5.41) is 15.3. The van der Waals surface area contributed by atoms with Crippen molar-refractivity contribution in [3.05, 3.63) is 58.3 Å². The molecular weight excluding hydrogens is 491 g/mol. The molecule has 0 aliphatic carbocycles. The SMILES string of the molecule is CCCCOCCn1c(=O)oc2ccc(-c3ccc(CC(C#N)NC(=O)C4CNCCCO4)c(F)c3)cc21. The standard InChI is InChI=1S/C28H33FN4O5/c1-2-3-11-36-13-10-33-24-16-20(7-8-25(24)38-28(33)35)19-5-6-21(23(29)15-19)14-22(17-30)32-27(34)26-18-31-9-4-12-37-26/h5-8,15-16,22,26,31H,2-4,9-14,18H2,1H3,(H,32,34). The molecule has 0 bridgehead atoms. The Bertz CT molecular complexity index is 1340. The second-order valence-electron chi connectivity index (χ2n) is 9.29. The van der Waals surface area contributed by atoms with E-state index in [1.807, 2.05) is 6.07 Å². The Morgan fingerprint density at radius 3 is 2.89 bits per heavy atom. The molecule has 1 aliphatic heterocycles. The fourth-order valence-electron chi connectivity index (χ4n) is 4.35. The lowest BCUT2D eigenvalue weighted by atomic mass is 10.00. The largest absolute Gasteiger partial charge is 0.420 e. The zero-order valence-corrected chi connectivity index (χ0v) is 21.5. The van der Waals surface area contributed by atoms with Crippen molar-refractivity contribution in [2.75, 3.05) is 32.9 Å². The van der Waals surface area contributed by atoms with E-state index < -0.39 is 29.6 Å². The second-order valence-corrected chi connectivity index (χ2v) is 9.29. The van der Waals surface area contributed by atoms with Crippen LogP contribution in [0.5, 0.6) is 0 Å². The van der Waals surface area contributed by atoms with Crippen molar-refractivity contribution in [3.63, 3.8) is 0 Å². The molecule has 38 heavy (non-hydrogen) atoms. The summed E-state index contributed by atoms with van der Waals surface area (Å²) in [7, 11) is 0.